The first-order chi connectivity index (χ1) is 12.5. The Morgan fingerprint density at radius 2 is 2.00 bits per heavy atom. The highest BCUT2D eigenvalue weighted by molar-refractivity contribution is 8.00. The maximum atomic E-state index is 12.3. The molecule has 0 saturated carbocycles. The van der Waals surface area contributed by atoms with Crippen LogP contribution in [0.4, 0.5) is 5.69 Å². The molecule has 0 saturated heterocycles. The molecule has 7 heteroatoms. The molecular formula is C19H18N2O4S. The number of nitrogens with one attached hydrogen (secondary N) is 2. The maximum absolute atomic E-state index is 12.3. The van der Waals surface area contributed by atoms with E-state index in [2.05, 4.69) is 10.6 Å². The van der Waals surface area contributed by atoms with Crippen molar-refractivity contribution in [1.29, 1.82) is 0 Å². The van der Waals surface area contributed by atoms with Crippen molar-refractivity contribution in [2.75, 3.05) is 11.1 Å². The molecule has 1 heterocycles. The van der Waals surface area contributed by atoms with Crippen LogP contribution in [0.25, 0.3) is 0 Å². The minimum Gasteiger partial charge on any atom is -0.449 e. The van der Waals surface area contributed by atoms with Crippen molar-refractivity contribution < 1.29 is 19.1 Å². The minimum absolute atomic E-state index is 0.110. The first kappa shape index (κ1) is 18.0. The summed E-state index contributed by atoms with van der Waals surface area (Å²) >= 11 is 1.41. The number of rotatable bonds is 5. The largest absolute Gasteiger partial charge is 0.449 e. The Morgan fingerprint density at radius 1 is 1.23 bits per heavy atom. The molecule has 0 aromatic heterocycles. The first-order valence-corrected chi connectivity index (χ1v) is 9.11. The van der Waals surface area contributed by atoms with Crippen LogP contribution in [0.5, 0.6) is 0 Å². The van der Waals surface area contributed by atoms with Gasteiger partial charge >= 0.3 is 5.97 Å². The van der Waals surface area contributed by atoms with Gasteiger partial charge in [0.25, 0.3) is 5.91 Å². The fourth-order valence-electron chi connectivity index (χ4n) is 2.42. The van der Waals surface area contributed by atoms with E-state index >= 15 is 0 Å². The van der Waals surface area contributed by atoms with Gasteiger partial charge in [-0.3, -0.25) is 9.59 Å². The van der Waals surface area contributed by atoms with Crippen molar-refractivity contribution in [1.82, 2.24) is 5.32 Å². The predicted molar refractivity (Wildman–Crippen MR) is 99.0 cm³/mol. The van der Waals surface area contributed by atoms with Crippen molar-refractivity contribution in [2.45, 2.75) is 24.5 Å². The molecule has 134 valence electrons. The van der Waals surface area contributed by atoms with Crippen molar-refractivity contribution in [3.63, 3.8) is 0 Å². The van der Waals surface area contributed by atoms with Crippen molar-refractivity contribution in [2.24, 2.45) is 0 Å². The van der Waals surface area contributed by atoms with E-state index in [0.717, 1.165) is 10.5 Å². The number of carbonyl (C=O) groups is 3. The minimum atomic E-state index is -0.925. The summed E-state index contributed by atoms with van der Waals surface area (Å²) in [5.74, 6) is -0.735. The van der Waals surface area contributed by atoms with E-state index in [1.165, 1.54) is 18.7 Å². The number of hydrogen-bond acceptors (Lipinski definition) is 5. The van der Waals surface area contributed by atoms with E-state index in [1.807, 2.05) is 30.3 Å². The Balaban J connectivity index is 1.57. The summed E-state index contributed by atoms with van der Waals surface area (Å²) in [6, 6.07) is 14.4. The fraction of sp³-hybridized carbons (Fsp3) is 0.211. The summed E-state index contributed by atoms with van der Waals surface area (Å²) in [5, 5.41) is 5.46. The molecule has 2 aromatic carbocycles. The van der Waals surface area contributed by atoms with Crippen LogP contribution in [-0.2, 0) is 20.9 Å². The average Bonchev–Trinajstić information content (AvgIpc) is 2.66. The lowest BCUT2D eigenvalue weighted by molar-refractivity contribution is -0.129. The summed E-state index contributed by atoms with van der Waals surface area (Å²) < 4.78 is 5.23. The van der Waals surface area contributed by atoms with Gasteiger partial charge in [-0.25, -0.2) is 4.79 Å². The maximum Gasteiger partial charge on any atom is 0.338 e. The zero-order chi connectivity index (χ0) is 18.5. The van der Waals surface area contributed by atoms with Gasteiger partial charge in [-0.1, -0.05) is 30.3 Å². The van der Waals surface area contributed by atoms with Crippen LogP contribution in [0.1, 0.15) is 22.8 Å². The van der Waals surface area contributed by atoms with Gasteiger partial charge in [0.05, 0.1) is 17.0 Å². The summed E-state index contributed by atoms with van der Waals surface area (Å²) in [4.78, 5) is 36.7. The second kappa shape index (κ2) is 8.05. The fourth-order valence-corrected chi connectivity index (χ4v) is 3.21. The lowest BCUT2D eigenvalue weighted by Crippen LogP contribution is -2.35. The third kappa shape index (κ3) is 4.43. The normalized spacial score (nSPS) is 14.0. The van der Waals surface area contributed by atoms with Crippen molar-refractivity contribution in [3.8, 4) is 0 Å². The number of amides is 2. The highest BCUT2D eigenvalue weighted by atomic mass is 32.2. The van der Waals surface area contributed by atoms with Gasteiger partial charge in [-0.2, -0.15) is 0 Å². The second-order valence-electron chi connectivity index (χ2n) is 5.80. The van der Waals surface area contributed by atoms with Crippen LogP contribution in [0.2, 0.25) is 0 Å². The number of fused-ring (bicyclic) bond motifs is 1. The monoisotopic (exact) mass is 370 g/mol. The van der Waals surface area contributed by atoms with Crippen LogP contribution >= 0.6 is 11.8 Å². The smallest absolute Gasteiger partial charge is 0.338 e. The number of anilines is 1. The zero-order valence-corrected chi connectivity index (χ0v) is 15.0. The van der Waals surface area contributed by atoms with Crippen LogP contribution in [0.3, 0.4) is 0 Å². The molecule has 0 aliphatic carbocycles. The summed E-state index contributed by atoms with van der Waals surface area (Å²) in [6.07, 6.45) is -0.925. The molecule has 6 nitrogen and oxygen atoms in total. The van der Waals surface area contributed by atoms with Gasteiger partial charge in [0, 0.05) is 11.4 Å². The molecule has 0 radical (unpaired) electrons. The van der Waals surface area contributed by atoms with Crippen molar-refractivity contribution >= 4 is 35.2 Å². The second-order valence-corrected chi connectivity index (χ2v) is 6.82. The van der Waals surface area contributed by atoms with Crippen LogP contribution in [-0.4, -0.2) is 29.6 Å². The molecular weight excluding hydrogens is 352 g/mol. The third-order valence-electron chi connectivity index (χ3n) is 3.81. The molecule has 3 rings (SSSR count). The molecule has 1 atom stereocenters. The summed E-state index contributed by atoms with van der Waals surface area (Å²) in [7, 11) is 0. The van der Waals surface area contributed by atoms with Gasteiger partial charge in [0.2, 0.25) is 5.91 Å². The average molecular weight is 370 g/mol. The standard InChI is InChI=1S/C19H18N2O4S/c1-12(18(23)20-10-13-5-3-2-4-6-13)25-19(24)14-7-8-16-15(9-14)21-17(22)11-26-16/h2-9,12H,10-11H2,1H3,(H,20,23)(H,21,22). The number of benzene rings is 2. The molecule has 26 heavy (non-hydrogen) atoms. The van der Waals surface area contributed by atoms with Gasteiger partial charge < -0.3 is 15.4 Å². The topological polar surface area (TPSA) is 84.5 Å². The molecule has 0 bridgehead atoms. The van der Waals surface area contributed by atoms with E-state index in [9.17, 15) is 14.4 Å². The summed E-state index contributed by atoms with van der Waals surface area (Å²) in [6.45, 7) is 1.89. The van der Waals surface area contributed by atoms with Crippen LogP contribution in [0.15, 0.2) is 53.4 Å². The molecule has 1 aliphatic rings. The molecule has 2 N–H and O–H groups in total. The van der Waals surface area contributed by atoms with E-state index in [1.54, 1.807) is 18.2 Å². The Labute approximate surface area is 155 Å². The molecule has 0 fully saturated rings. The predicted octanol–water partition coefficient (Wildman–Crippen LogP) is 2.59. The lowest BCUT2D eigenvalue weighted by atomic mass is 10.2. The SMILES string of the molecule is CC(OC(=O)c1ccc2c(c1)NC(=O)CS2)C(=O)NCc1ccccc1. The third-order valence-corrected chi connectivity index (χ3v) is 4.88. The van der Waals surface area contributed by atoms with Gasteiger partial charge in [-0.05, 0) is 30.7 Å². The quantitative estimate of drug-likeness (QED) is 0.791. The highest BCUT2D eigenvalue weighted by Crippen LogP contribution is 2.32. The Morgan fingerprint density at radius 3 is 2.77 bits per heavy atom. The highest BCUT2D eigenvalue weighted by Gasteiger charge is 2.21. The van der Waals surface area contributed by atoms with E-state index in [-0.39, 0.29) is 17.4 Å². The molecule has 1 aliphatic heterocycles. The first-order valence-electron chi connectivity index (χ1n) is 8.12. The van der Waals surface area contributed by atoms with Gasteiger partial charge in [0.15, 0.2) is 6.10 Å². The number of carbonyl (C=O) groups excluding carboxylic acids is 3. The number of ether oxygens (including phenoxy) is 1. The van der Waals surface area contributed by atoms with Crippen molar-refractivity contribution in [3.05, 3.63) is 59.7 Å². The van der Waals surface area contributed by atoms with Gasteiger partial charge in [0.1, 0.15) is 0 Å². The lowest BCUT2D eigenvalue weighted by Gasteiger charge is -2.17. The molecule has 2 amide bonds. The van der Waals surface area contributed by atoms with Gasteiger partial charge in [-0.15, -0.1) is 11.8 Å². The zero-order valence-electron chi connectivity index (χ0n) is 14.2. The van der Waals surface area contributed by atoms with E-state index in [4.69, 9.17) is 4.74 Å². The number of esters is 1. The molecule has 1 unspecified atom stereocenters. The number of thioether (sulfide) groups is 1. The Hall–Kier alpha value is -2.80. The molecule has 2 aromatic rings. The summed E-state index contributed by atoms with van der Waals surface area (Å²) in [5.41, 5.74) is 1.83. The van der Waals surface area contributed by atoms with Crippen LogP contribution in [0, 0.1) is 0 Å². The molecule has 0 spiro atoms. The Kier molecular flexibility index (Phi) is 5.58. The van der Waals surface area contributed by atoms with E-state index in [0.29, 0.717) is 18.0 Å². The van der Waals surface area contributed by atoms with Crippen LogP contribution < -0.4 is 10.6 Å². The van der Waals surface area contributed by atoms with E-state index < -0.39 is 12.1 Å². The Bertz CT molecular complexity index is 839. The number of hydrogen-bond donors (Lipinski definition) is 2.